The van der Waals surface area contributed by atoms with Gasteiger partial charge in [-0.1, -0.05) is 41.9 Å². The van der Waals surface area contributed by atoms with Crippen molar-refractivity contribution in [1.82, 2.24) is 9.80 Å². The van der Waals surface area contributed by atoms with E-state index in [1.165, 1.54) is 10.4 Å². The number of thiophene rings is 1. The molecule has 132 valence electrons. The summed E-state index contributed by atoms with van der Waals surface area (Å²) in [5.74, 6) is 0.975. The first-order valence-corrected chi connectivity index (χ1v) is 10.3. The van der Waals surface area contributed by atoms with Gasteiger partial charge in [-0.25, -0.2) is 0 Å². The lowest BCUT2D eigenvalue weighted by Gasteiger charge is -2.22. The van der Waals surface area contributed by atoms with Crippen LogP contribution in [0.15, 0.2) is 41.8 Å². The third-order valence-electron chi connectivity index (χ3n) is 5.29. The summed E-state index contributed by atoms with van der Waals surface area (Å²) in [6.07, 6.45) is 2.05. The van der Waals surface area contributed by atoms with Crippen molar-refractivity contribution in [2.75, 3.05) is 26.2 Å². The fourth-order valence-corrected chi connectivity index (χ4v) is 4.90. The van der Waals surface area contributed by atoms with Gasteiger partial charge in [0.05, 0.1) is 5.02 Å². The van der Waals surface area contributed by atoms with Crippen LogP contribution in [0.3, 0.4) is 0 Å². The standard InChI is InChI=1S/C20H23ClN2OS/c21-18-7-12-25-19(18)14-22-8-4-9-23(11-10-22)20(24)17-13-16(17)15-5-2-1-3-6-15/h1-3,5-7,12,16-17H,4,8-11,13-14H2/t16-,17+/m0/s1. The third kappa shape index (κ3) is 3.91. The number of hydrogen-bond donors (Lipinski definition) is 0. The second-order valence-electron chi connectivity index (χ2n) is 7.01. The van der Waals surface area contributed by atoms with Crippen LogP contribution in [0.4, 0.5) is 0 Å². The molecule has 2 heterocycles. The van der Waals surface area contributed by atoms with Crippen molar-refractivity contribution in [1.29, 1.82) is 0 Å². The summed E-state index contributed by atoms with van der Waals surface area (Å²) in [7, 11) is 0. The van der Waals surface area contributed by atoms with Crippen molar-refractivity contribution in [3.8, 4) is 0 Å². The molecule has 0 unspecified atom stereocenters. The van der Waals surface area contributed by atoms with Gasteiger partial charge in [0, 0.05) is 43.5 Å². The zero-order valence-corrected chi connectivity index (χ0v) is 15.8. The van der Waals surface area contributed by atoms with E-state index < -0.39 is 0 Å². The topological polar surface area (TPSA) is 23.6 Å². The second kappa shape index (κ2) is 7.48. The molecule has 1 aliphatic carbocycles. The van der Waals surface area contributed by atoms with E-state index >= 15 is 0 Å². The zero-order valence-electron chi connectivity index (χ0n) is 14.2. The average Bonchev–Trinajstić information content (AvgIpc) is 3.38. The highest BCUT2D eigenvalue weighted by Gasteiger charge is 2.45. The van der Waals surface area contributed by atoms with Crippen molar-refractivity contribution in [2.45, 2.75) is 25.3 Å². The Balaban J connectivity index is 1.32. The molecule has 1 saturated carbocycles. The van der Waals surface area contributed by atoms with Gasteiger partial charge < -0.3 is 4.90 Å². The Bertz CT molecular complexity index is 732. The summed E-state index contributed by atoms with van der Waals surface area (Å²) >= 11 is 7.94. The number of hydrogen-bond acceptors (Lipinski definition) is 3. The zero-order chi connectivity index (χ0) is 17.2. The molecule has 25 heavy (non-hydrogen) atoms. The molecule has 1 aromatic carbocycles. The van der Waals surface area contributed by atoms with E-state index in [2.05, 4.69) is 34.1 Å². The molecular formula is C20H23ClN2OS. The Morgan fingerprint density at radius 1 is 1.12 bits per heavy atom. The van der Waals surface area contributed by atoms with Crippen LogP contribution < -0.4 is 0 Å². The van der Waals surface area contributed by atoms with E-state index in [-0.39, 0.29) is 5.92 Å². The molecule has 2 atom stereocenters. The Morgan fingerprint density at radius 2 is 1.96 bits per heavy atom. The molecule has 1 aliphatic heterocycles. The third-order valence-corrected chi connectivity index (χ3v) is 6.67. The number of carbonyl (C=O) groups is 1. The van der Waals surface area contributed by atoms with Crippen LogP contribution in [0.5, 0.6) is 0 Å². The van der Waals surface area contributed by atoms with Gasteiger partial charge in [-0.3, -0.25) is 9.69 Å². The minimum atomic E-state index is 0.195. The van der Waals surface area contributed by atoms with Gasteiger partial charge in [-0.15, -0.1) is 11.3 Å². The monoisotopic (exact) mass is 374 g/mol. The van der Waals surface area contributed by atoms with Crippen molar-refractivity contribution >= 4 is 28.8 Å². The van der Waals surface area contributed by atoms with E-state index in [1.807, 2.05) is 17.5 Å². The maximum Gasteiger partial charge on any atom is 0.226 e. The van der Waals surface area contributed by atoms with Gasteiger partial charge in [0.2, 0.25) is 5.91 Å². The molecule has 2 aliphatic rings. The summed E-state index contributed by atoms with van der Waals surface area (Å²) in [5.41, 5.74) is 1.31. The fourth-order valence-electron chi connectivity index (χ4n) is 3.76. The lowest BCUT2D eigenvalue weighted by molar-refractivity contribution is -0.132. The normalized spacial score (nSPS) is 24.1. The molecule has 0 radical (unpaired) electrons. The van der Waals surface area contributed by atoms with Crippen LogP contribution in [-0.2, 0) is 11.3 Å². The quantitative estimate of drug-likeness (QED) is 0.799. The first-order valence-electron chi connectivity index (χ1n) is 9.00. The molecule has 1 saturated heterocycles. The van der Waals surface area contributed by atoms with Crippen molar-refractivity contribution in [3.05, 3.63) is 57.2 Å². The lowest BCUT2D eigenvalue weighted by atomic mass is 10.1. The van der Waals surface area contributed by atoms with Gasteiger partial charge in [0.25, 0.3) is 0 Å². The predicted molar refractivity (Wildman–Crippen MR) is 103 cm³/mol. The number of nitrogens with zero attached hydrogens (tertiary/aromatic N) is 2. The molecule has 0 N–H and O–H groups in total. The molecule has 2 aromatic rings. The minimum Gasteiger partial charge on any atom is -0.341 e. The van der Waals surface area contributed by atoms with Crippen LogP contribution in [-0.4, -0.2) is 41.9 Å². The van der Waals surface area contributed by atoms with Crippen LogP contribution in [0.2, 0.25) is 5.02 Å². The van der Waals surface area contributed by atoms with Crippen LogP contribution in [0, 0.1) is 5.92 Å². The number of amides is 1. The van der Waals surface area contributed by atoms with Gasteiger partial charge in [-0.2, -0.15) is 0 Å². The first kappa shape index (κ1) is 17.1. The highest BCUT2D eigenvalue weighted by Crippen LogP contribution is 2.48. The fraction of sp³-hybridized carbons (Fsp3) is 0.450. The summed E-state index contributed by atoms with van der Waals surface area (Å²) in [4.78, 5) is 18.6. The summed E-state index contributed by atoms with van der Waals surface area (Å²) < 4.78 is 0. The van der Waals surface area contributed by atoms with Crippen LogP contribution >= 0.6 is 22.9 Å². The first-order chi connectivity index (χ1) is 12.2. The molecule has 0 spiro atoms. The largest absolute Gasteiger partial charge is 0.341 e. The average molecular weight is 375 g/mol. The second-order valence-corrected chi connectivity index (χ2v) is 8.41. The van der Waals surface area contributed by atoms with Gasteiger partial charge in [0.15, 0.2) is 0 Å². The number of rotatable bonds is 4. The molecule has 1 aromatic heterocycles. The summed E-state index contributed by atoms with van der Waals surface area (Å²) in [6.45, 7) is 4.58. The molecule has 4 rings (SSSR count). The molecular weight excluding hydrogens is 352 g/mol. The lowest BCUT2D eigenvalue weighted by Crippen LogP contribution is -2.36. The van der Waals surface area contributed by atoms with Crippen molar-refractivity contribution in [2.24, 2.45) is 5.92 Å². The summed E-state index contributed by atoms with van der Waals surface area (Å²) in [6, 6.07) is 12.4. The number of benzene rings is 1. The van der Waals surface area contributed by atoms with E-state index in [0.29, 0.717) is 11.8 Å². The SMILES string of the molecule is O=C([C@@H]1C[C@H]1c1ccccc1)N1CCCN(Cc2sccc2Cl)CC1. The number of carbonyl (C=O) groups excluding carboxylic acids is 1. The van der Waals surface area contributed by atoms with E-state index in [9.17, 15) is 4.79 Å². The van der Waals surface area contributed by atoms with Gasteiger partial charge in [0.1, 0.15) is 0 Å². The van der Waals surface area contributed by atoms with E-state index in [0.717, 1.165) is 50.6 Å². The Kier molecular flexibility index (Phi) is 5.11. The van der Waals surface area contributed by atoms with Gasteiger partial charge >= 0.3 is 0 Å². The minimum absolute atomic E-state index is 0.195. The highest BCUT2D eigenvalue weighted by atomic mass is 35.5. The van der Waals surface area contributed by atoms with Crippen molar-refractivity contribution < 1.29 is 4.79 Å². The molecule has 1 amide bonds. The molecule has 5 heteroatoms. The molecule has 0 bridgehead atoms. The van der Waals surface area contributed by atoms with Crippen molar-refractivity contribution in [3.63, 3.8) is 0 Å². The smallest absolute Gasteiger partial charge is 0.226 e. The highest BCUT2D eigenvalue weighted by molar-refractivity contribution is 7.10. The summed E-state index contributed by atoms with van der Waals surface area (Å²) in [5, 5.41) is 2.91. The van der Waals surface area contributed by atoms with Crippen LogP contribution in [0.25, 0.3) is 0 Å². The van der Waals surface area contributed by atoms with E-state index in [4.69, 9.17) is 11.6 Å². The van der Waals surface area contributed by atoms with Gasteiger partial charge in [-0.05, 0) is 35.8 Å². The maximum atomic E-state index is 12.9. The van der Waals surface area contributed by atoms with E-state index in [1.54, 1.807) is 11.3 Å². The maximum absolute atomic E-state index is 12.9. The molecule has 3 nitrogen and oxygen atoms in total. The Labute approximate surface area is 158 Å². The molecule has 2 fully saturated rings. The Hall–Kier alpha value is -1.36. The van der Waals surface area contributed by atoms with Crippen LogP contribution in [0.1, 0.15) is 29.2 Å². The number of halogens is 1. The predicted octanol–water partition coefficient (Wildman–Crippen LogP) is 4.24. The Morgan fingerprint density at radius 3 is 2.72 bits per heavy atom.